The number of fused-ring (bicyclic) bond motifs is 1. The van der Waals surface area contributed by atoms with Crippen LogP contribution in [-0.4, -0.2) is 37.4 Å². The molecule has 0 aliphatic carbocycles. The first-order valence-corrected chi connectivity index (χ1v) is 6.04. The molecule has 0 bridgehead atoms. The molecule has 104 valence electrons. The van der Waals surface area contributed by atoms with Crippen LogP contribution < -0.4 is 19.5 Å². The minimum absolute atomic E-state index is 0.417. The zero-order chi connectivity index (χ0) is 13.8. The molecule has 0 saturated carbocycles. The number of rotatable bonds is 5. The average Bonchev–Trinajstić information content (AvgIpc) is 2.43. The number of aliphatic carboxylic acids is 1. The lowest BCUT2D eigenvalue weighted by Gasteiger charge is -2.21. The number of benzene rings is 1. The maximum atomic E-state index is 10.7. The molecule has 0 radical (unpaired) electrons. The molecule has 0 spiro atoms. The highest BCUT2D eigenvalue weighted by Crippen LogP contribution is 2.40. The van der Waals surface area contributed by atoms with Gasteiger partial charge in [0.1, 0.15) is 19.3 Å². The molecule has 1 aliphatic rings. The van der Waals surface area contributed by atoms with Crippen LogP contribution in [0.3, 0.4) is 0 Å². The minimum atomic E-state index is -0.885. The highest BCUT2D eigenvalue weighted by atomic mass is 16.6. The third-order valence-corrected chi connectivity index (χ3v) is 2.87. The van der Waals surface area contributed by atoms with Crippen molar-refractivity contribution in [3.8, 4) is 17.2 Å². The molecular weight excluding hydrogens is 250 g/mol. The molecule has 2 rings (SSSR count). The Hall–Kier alpha value is -1.95. The van der Waals surface area contributed by atoms with E-state index in [2.05, 4.69) is 5.32 Å². The number of hydrogen-bond donors (Lipinski definition) is 2. The van der Waals surface area contributed by atoms with Crippen LogP contribution in [0.1, 0.15) is 12.5 Å². The summed E-state index contributed by atoms with van der Waals surface area (Å²) in [7, 11) is 1.56. The molecule has 1 aliphatic heterocycles. The Morgan fingerprint density at radius 1 is 1.47 bits per heavy atom. The summed E-state index contributed by atoms with van der Waals surface area (Å²) < 4.78 is 16.3. The second-order valence-electron chi connectivity index (χ2n) is 4.26. The number of ether oxygens (including phenoxy) is 3. The highest BCUT2D eigenvalue weighted by Gasteiger charge is 2.19. The fourth-order valence-corrected chi connectivity index (χ4v) is 1.79. The number of carbonyl (C=O) groups is 1. The molecule has 0 saturated heterocycles. The van der Waals surface area contributed by atoms with Gasteiger partial charge in [0, 0.05) is 6.54 Å². The Morgan fingerprint density at radius 2 is 2.21 bits per heavy atom. The third-order valence-electron chi connectivity index (χ3n) is 2.87. The summed E-state index contributed by atoms with van der Waals surface area (Å²) in [6.07, 6.45) is 0. The number of carboxylic acids is 1. The summed E-state index contributed by atoms with van der Waals surface area (Å²) in [5, 5.41) is 11.7. The summed E-state index contributed by atoms with van der Waals surface area (Å²) in [6.45, 7) is 3.01. The van der Waals surface area contributed by atoms with E-state index in [1.807, 2.05) is 12.1 Å². The molecule has 1 heterocycles. The molecule has 1 aromatic carbocycles. The van der Waals surface area contributed by atoms with Crippen LogP contribution in [0.25, 0.3) is 0 Å². The Morgan fingerprint density at radius 3 is 2.89 bits per heavy atom. The van der Waals surface area contributed by atoms with Gasteiger partial charge in [0.15, 0.2) is 11.5 Å². The quantitative estimate of drug-likeness (QED) is 0.829. The zero-order valence-corrected chi connectivity index (χ0v) is 10.9. The van der Waals surface area contributed by atoms with Crippen molar-refractivity contribution in [2.24, 2.45) is 0 Å². The number of hydrogen-bond acceptors (Lipinski definition) is 5. The van der Waals surface area contributed by atoms with Gasteiger partial charge >= 0.3 is 5.97 Å². The van der Waals surface area contributed by atoms with E-state index in [4.69, 9.17) is 19.3 Å². The van der Waals surface area contributed by atoms with Crippen LogP contribution in [0.15, 0.2) is 12.1 Å². The molecule has 1 unspecified atom stereocenters. The monoisotopic (exact) mass is 267 g/mol. The molecule has 6 heteroatoms. The van der Waals surface area contributed by atoms with E-state index in [1.165, 1.54) is 0 Å². The van der Waals surface area contributed by atoms with Gasteiger partial charge in [-0.2, -0.15) is 0 Å². The van der Waals surface area contributed by atoms with E-state index < -0.39 is 12.0 Å². The first kappa shape index (κ1) is 13.5. The number of nitrogens with one attached hydrogen (secondary N) is 1. The van der Waals surface area contributed by atoms with E-state index in [9.17, 15) is 4.79 Å². The van der Waals surface area contributed by atoms with Crippen molar-refractivity contribution in [2.75, 3.05) is 20.3 Å². The van der Waals surface area contributed by atoms with Gasteiger partial charge in [0.25, 0.3) is 0 Å². The SMILES string of the molecule is COc1cc(CNC(C)C(=O)O)cc2c1OCCO2. The fourth-order valence-electron chi connectivity index (χ4n) is 1.79. The predicted molar refractivity (Wildman–Crippen MR) is 67.9 cm³/mol. The minimum Gasteiger partial charge on any atom is -0.493 e. The maximum absolute atomic E-state index is 10.7. The smallest absolute Gasteiger partial charge is 0.320 e. The van der Waals surface area contributed by atoms with Crippen LogP contribution in [0.2, 0.25) is 0 Å². The predicted octanol–water partition coefficient (Wildman–Crippen LogP) is 1.03. The standard InChI is InChI=1S/C13H17NO5/c1-8(13(15)16)14-7-9-5-10(17-2)12-11(6-9)18-3-4-19-12/h5-6,8,14H,3-4,7H2,1-2H3,(H,15,16). The molecule has 2 N–H and O–H groups in total. The van der Waals surface area contributed by atoms with Crippen LogP contribution in [-0.2, 0) is 11.3 Å². The van der Waals surface area contributed by atoms with Crippen LogP contribution >= 0.6 is 0 Å². The van der Waals surface area contributed by atoms with E-state index in [1.54, 1.807) is 14.0 Å². The first-order chi connectivity index (χ1) is 9.11. The molecule has 6 nitrogen and oxygen atoms in total. The van der Waals surface area contributed by atoms with Crippen molar-refractivity contribution in [3.05, 3.63) is 17.7 Å². The highest BCUT2D eigenvalue weighted by molar-refractivity contribution is 5.72. The summed E-state index contributed by atoms with van der Waals surface area (Å²) >= 11 is 0. The molecule has 0 amide bonds. The summed E-state index contributed by atoms with van der Waals surface area (Å²) in [5.41, 5.74) is 0.884. The second-order valence-corrected chi connectivity index (χ2v) is 4.26. The van der Waals surface area contributed by atoms with Gasteiger partial charge in [0.2, 0.25) is 5.75 Å². The van der Waals surface area contributed by atoms with Crippen molar-refractivity contribution in [1.29, 1.82) is 0 Å². The fraction of sp³-hybridized carbons (Fsp3) is 0.462. The molecule has 1 atom stereocenters. The van der Waals surface area contributed by atoms with Gasteiger partial charge in [-0.05, 0) is 24.6 Å². The van der Waals surface area contributed by atoms with E-state index >= 15 is 0 Å². The van der Waals surface area contributed by atoms with Gasteiger partial charge in [-0.1, -0.05) is 0 Å². The van der Waals surface area contributed by atoms with Crippen molar-refractivity contribution < 1.29 is 24.1 Å². The van der Waals surface area contributed by atoms with Crippen molar-refractivity contribution in [2.45, 2.75) is 19.5 Å². The molecule has 0 aromatic heterocycles. The van der Waals surface area contributed by atoms with Gasteiger partial charge in [-0.15, -0.1) is 0 Å². The number of methoxy groups -OCH3 is 1. The normalized spacial score (nSPS) is 14.8. The Bertz CT molecular complexity index is 457. The van der Waals surface area contributed by atoms with Crippen LogP contribution in [0, 0.1) is 0 Å². The maximum Gasteiger partial charge on any atom is 0.320 e. The molecule has 19 heavy (non-hydrogen) atoms. The Labute approximate surface area is 111 Å². The van der Waals surface area contributed by atoms with Gasteiger partial charge in [-0.3, -0.25) is 4.79 Å². The van der Waals surface area contributed by atoms with E-state index in [0.29, 0.717) is 37.0 Å². The lowest BCUT2D eigenvalue weighted by Crippen LogP contribution is -2.33. The van der Waals surface area contributed by atoms with Crippen molar-refractivity contribution in [3.63, 3.8) is 0 Å². The Balaban J connectivity index is 2.15. The largest absolute Gasteiger partial charge is 0.493 e. The van der Waals surface area contributed by atoms with Crippen LogP contribution in [0.5, 0.6) is 17.2 Å². The molecular formula is C13H17NO5. The second kappa shape index (κ2) is 5.79. The Kier molecular flexibility index (Phi) is 4.11. The average molecular weight is 267 g/mol. The zero-order valence-electron chi connectivity index (χ0n) is 10.9. The summed E-state index contributed by atoms with van der Waals surface area (Å²) in [6, 6.07) is 3.03. The summed E-state index contributed by atoms with van der Waals surface area (Å²) in [4.78, 5) is 10.7. The third kappa shape index (κ3) is 3.08. The van der Waals surface area contributed by atoms with Crippen LogP contribution in [0.4, 0.5) is 0 Å². The first-order valence-electron chi connectivity index (χ1n) is 6.04. The summed E-state index contributed by atoms with van der Waals surface area (Å²) in [5.74, 6) is 0.940. The lowest BCUT2D eigenvalue weighted by molar-refractivity contribution is -0.139. The molecule has 0 fully saturated rings. The van der Waals surface area contributed by atoms with Gasteiger partial charge < -0.3 is 24.6 Å². The van der Waals surface area contributed by atoms with E-state index in [-0.39, 0.29) is 0 Å². The lowest BCUT2D eigenvalue weighted by atomic mass is 10.1. The van der Waals surface area contributed by atoms with Crippen molar-refractivity contribution >= 4 is 5.97 Å². The van der Waals surface area contributed by atoms with Crippen molar-refractivity contribution in [1.82, 2.24) is 5.32 Å². The molecule has 1 aromatic rings. The topological polar surface area (TPSA) is 77.0 Å². The van der Waals surface area contributed by atoms with Gasteiger partial charge in [-0.25, -0.2) is 0 Å². The number of carboxylic acid groups (broad SMARTS) is 1. The van der Waals surface area contributed by atoms with Gasteiger partial charge in [0.05, 0.1) is 7.11 Å². The van der Waals surface area contributed by atoms with E-state index in [0.717, 1.165) is 5.56 Å².